The van der Waals surface area contributed by atoms with Crippen LogP contribution < -0.4 is 5.73 Å². The first-order valence-corrected chi connectivity index (χ1v) is 6.81. The Labute approximate surface area is 98.4 Å². The van der Waals surface area contributed by atoms with Gasteiger partial charge >= 0.3 is 0 Å². The Morgan fingerprint density at radius 3 is 2.69 bits per heavy atom. The van der Waals surface area contributed by atoms with Crippen molar-refractivity contribution in [1.82, 2.24) is 4.90 Å². The van der Waals surface area contributed by atoms with Crippen LogP contribution in [0.3, 0.4) is 0 Å². The highest BCUT2D eigenvalue weighted by Crippen LogP contribution is 2.27. The van der Waals surface area contributed by atoms with E-state index in [1.807, 2.05) is 4.90 Å². The maximum Gasteiger partial charge on any atom is 0.222 e. The summed E-state index contributed by atoms with van der Waals surface area (Å²) in [5.41, 5.74) is 6.23. The number of hydrogen-bond acceptors (Lipinski definition) is 2. The fourth-order valence-corrected chi connectivity index (χ4v) is 3.02. The van der Waals surface area contributed by atoms with Crippen molar-refractivity contribution < 1.29 is 4.79 Å². The Kier molecular flexibility index (Phi) is 4.22. The average molecular weight is 224 g/mol. The second kappa shape index (κ2) is 5.67. The Hall–Kier alpha value is -0.570. The Balaban J connectivity index is 1.83. The molecule has 2 rings (SSSR count). The van der Waals surface area contributed by atoms with Gasteiger partial charge in [-0.25, -0.2) is 0 Å². The van der Waals surface area contributed by atoms with Crippen LogP contribution in [0.15, 0.2) is 0 Å². The van der Waals surface area contributed by atoms with E-state index in [-0.39, 0.29) is 6.04 Å². The molecular formula is C13H24N2O. The van der Waals surface area contributed by atoms with Gasteiger partial charge in [0.1, 0.15) is 0 Å². The van der Waals surface area contributed by atoms with Gasteiger partial charge < -0.3 is 10.6 Å². The number of hydrogen-bond donors (Lipinski definition) is 1. The summed E-state index contributed by atoms with van der Waals surface area (Å²) in [5.74, 6) is 0.988. The number of nitrogens with zero attached hydrogens (tertiary/aromatic N) is 1. The number of likely N-dealkylation sites (tertiary alicyclic amines) is 1. The first-order chi connectivity index (χ1) is 7.77. The Bertz CT molecular complexity index is 236. The summed E-state index contributed by atoms with van der Waals surface area (Å²) in [7, 11) is 0. The number of carbonyl (C=O) groups excluding carboxylic acids is 1. The molecule has 0 bridgehead atoms. The molecule has 3 nitrogen and oxygen atoms in total. The number of carbonyl (C=O) groups is 1. The molecule has 1 unspecified atom stereocenters. The lowest BCUT2D eigenvalue weighted by Crippen LogP contribution is -2.44. The van der Waals surface area contributed by atoms with Crippen LogP contribution >= 0.6 is 0 Å². The van der Waals surface area contributed by atoms with Crippen LogP contribution in [-0.2, 0) is 4.79 Å². The fourth-order valence-electron chi connectivity index (χ4n) is 3.02. The average Bonchev–Trinajstić information content (AvgIpc) is 2.73. The van der Waals surface area contributed by atoms with Crippen molar-refractivity contribution in [3.63, 3.8) is 0 Å². The molecule has 1 aliphatic carbocycles. The first kappa shape index (κ1) is 11.9. The molecule has 0 spiro atoms. The van der Waals surface area contributed by atoms with Crippen molar-refractivity contribution in [3.8, 4) is 0 Å². The summed E-state index contributed by atoms with van der Waals surface area (Å²) in [4.78, 5) is 13.8. The maximum atomic E-state index is 11.8. The van der Waals surface area contributed by atoms with Crippen molar-refractivity contribution >= 4 is 5.91 Å². The minimum Gasteiger partial charge on any atom is -0.341 e. The van der Waals surface area contributed by atoms with Gasteiger partial charge in [-0.3, -0.25) is 4.79 Å². The van der Waals surface area contributed by atoms with Crippen molar-refractivity contribution in [2.75, 3.05) is 13.1 Å². The quantitative estimate of drug-likeness (QED) is 0.796. The molecule has 2 aliphatic rings. The van der Waals surface area contributed by atoms with Crippen molar-refractivity contribution in [2.45, 2.75) is 57.4 Å². The summed E-state index contributed by atoms with van der Waals surface area (Å²) < 4.78 is 0. The molecule has 0 radical (unpaired) electrons. The molecule has 0 aromatic carbocycles. The lowest BCUT2D eigenvalue weighted by atomic mass is 9.98. The zero-order valence-electron chi connectivity index (χ0n) is 10.2. The van der Waals surface area contributed by atoms with Crippen LogP contribution in [0.5, 0.6) is 0 Å². The molecule has 92 valence electrons. The highest BCUT2D eigenvalue weighted by atomic mass is 16.2. The lowest BCUT2D eigenvalue weighted by Gasteiger charge is -2.27. The zero-order valence-corrected chi connectivity index (χ0v) is 10.2. The van der Waals surface area contributed by atoms with Crippen LogP contribution in [0.4, 0.5) is 0 Å². The smallest absolute Gasteiger partial charge is 0.222 e. The second-order valence-corrected chi connectivity index (χ2v) is 5.36. The number of rotatable bonds is 3. The molecule has 16 heavy (non-hydrogen) atoms. The summed E-state index contributed by atoms with van der Waals surface area (Å²) in [6.07, 6.45) is 9.33. The molecule has 1 atom stereocenters. The first-order valence-electron chi connectivity index (χ1n) is 6.81. The number of amides is 1. The van der Waals surface area contributed by atoms with Gasteiger partial charge in [0.15, 0.2) is 0 Å². The van der Waals surface area contributed by atoms with Gasteiger partial charge in [0, 0.05) is 25.6 Å². The predicted molar refractivity (Wildman–Crippen MR) is 65.0 cm³/mol. The summed E-state index contributed by atoms with van der Waals surface area (Å²) in [6.45, 7) is 1.72. The molecule has 1 saturated carbocycles. The van der Waals surface area contributed by atoms with Gasteiger partial charge in [-0.05, 0) is 31.6 Å². The van der Waals surface area contributed by atoms with E-state index in [9.17, 15) is 4.79 Å². The summed E-state index contributed by atoms with van der Waals surface area (Å²) in [5, 5.41) is 0. The maximum absolute atomic E-state index is 11.8. The van der Waals surface area contributed by atoms with E-state index in [4.69, 9.17) is 5.73 Å². The molecule has 1 aliphatic heterocycles. The summed E-state index contributed by atoms with van der Waals surface area (Å²) >= 11 is 0. The molecule has 1 saturated heterocycles. The molecule has 1 amide bonds. The van der Waals surface area contributed by atoms with Gasteiger partial charge in [0.2, 0.25) is 5.91 Å². The van der Waals surface area contributed by atoms with E-state index in [1.165, 1.54) is 32.1 Å². The Morgan fingerprint density at radius 2 is 1.94 bits per heavy atom. The largest absolute Gasteiger partial charge is 0.341 e. The van der Waals surface area contributed by atoms with Crippen LogP contribution in [0.25, 0.3) is 0 Å². The molecule has 0 aromatic heterocycles. The van der Waals surface area contributed by atoms with E-state index in [0.717, 1.165) is 32.4 Å². The standard InChI is InChI=1S/C13H24N2O/c14-12(11-6-3-4-7-11)10-15-9-5-1-2-8-13(15)16/h11-12H,1-10,14H2. The van der Waals surface area contributed by atoms with Crippen LogP contribution in [0, 0.1) is 5.92 Å². The topological polar surface area (TPSA) is 46.3 Å². The third-order valence-electron chi connectivity index (χ3n) is 4.11. The van der Waals surface area contributed by atoms with Gasteiger partial charge in [0.25, 0.3) is 0 Å². The number of nitrogens with two attached hydrogens (primary N) is 1. The van der Waals surface area contributed by atoms with E-state index >= 15 is 0 Å². The molecule has 2 fully saturated rings. The minimum absolute atomic E-state index is 0.213. The van der Waals surface area contributed by atoms with Gasteiger partial charge in [-0.2, -0.15) is 0 Å². The lowest BCUT2D eigenvalue weighted by molar-refractivity contribution is -0.131. The zero-order chi connectivity index (χ0) is 11.4. The van der Waals surface area contributed by atoms with Crippen LogP contribution in [0.1, 0.15) is 51.4 Å². The van der Waals surface area contributed by atoms with Crippen molar-refractivity contribution in [1.29, 1.82) is 0 Å². The van der Waals surface area contributed by atoms with Gasteiger partial charge in [-0.15, -0.1) is 0 Å². The molecule has 1 heterocycles. The normalized spacial score (nSPS) is 25.8. The third-order valence-corrected chi connectivity index (χ3v) is 4.11. The van der Waals surface area contributed by atoms with Gasteiger partial charge in [-0.1, -0.05) is 19.3 Å². The second-order valence-electron chi connectivity index (χ2n) is 5.36. The fraction of sp³-hybridized carbons (Fsp3) is 0.923. The van der Waals surface area contributed by atoms with E-state index in [2.05, 4.69) is 0 Å². The summed E-state index contributed by atoms with van der Waals surface area (Å²) in [6, 6.07) is 0.213. The highest BCUT2D eigenvalue weighted by Gasteiger charge is 2.26. The predicted octanol–water partition coefficient (Wildman–Crippen LogP) is 1.91. The Morgan fingerprint density at radius 1 is 1.19 bits per heavy atom. The van der Waals surface area contributed by atoms with Crippen molar-refractivity contribution in [2.24, 2.45) is 11.7 Å². The van der Waals surface area contributed by atoms with E-state index in [0.29, 0.717) is 11.8 Å². The van der Waals surface area contributed by atoms with Gasteiger partial charge in [0.05, 0.1) is 0 Å². The van der Waals surface area contributed by atoms with E-state index in [1.54, 1.807) is 0 Å². The third kappa shape index (κ3) is 2.97. The highest BCUT2D eigenvalue weighted by molar-refractivity contribution is 5.76. The van der Waals surface area contributed by atoms with Crippen molar-refractivity contribution in [3.05, 3.63) is 0 Å². The molecule has 3 heteroatoms. The van der Waals surface area contributed by atoms with Crippen LogP contribution in [0.2, 0.25) is 0 Å². The minimum atomic E-state index is 0.213. The molecule has 2 N–H and O–H groups in total. The SMILES string of the molecule is NC(CN1CCCCCC1=O)C1CCCC1. The van der Waals surface area contributed by atoms with Crippen LogP contribution in [-0.4, -0.2) is 29.9 Å². The van der Waals surface area contributed by atoms with E-state index < -0.39 is 0 Å². The monoisotopic (exact) mass is 224 g/mol. The molecular weight excluding hydrogens is 200 g/mol. The molecule has 0 aromatic rings.